The van der Waals surface area contributed by atoms with E-state index in [0.717, 1.165) is 32.4 Å². The molecule has 2 N–H and O–H groups in total. The summed E-state index contributed by atoms with van der Waals surface area (Å²) in [6.07, 6.45) is 2.67. The third-order valence-electron chi connectivity index (χ3n) is 5.67. The Hall–Kier alpha value is -3.31. The highest BCUT2D eigenvalue weighted by Gasteiger charge is 2.16. The van der Waals surface area contributed by atoms with Crippen molar-refractivity contribution < 1.29 is 9.59 Å². The zero-order valence-electron chi connectivity index (χ0n) is 17.8. The summed E-state index contributed by atoms with van der Waals surface area (Å²) in [6.45, 7) is 2.41. The minimum absolute atomic E-state index is 0.442. The molecule has 1 aliphatic rings. The molecule has 1 heterocycles. The quantitative estimate of drug-likeness (QED) is 0.429. The lowest BCUT2D eigenvalue weighted by molar-refractivity contribution is -0.136. The standard InChI is InChI=1S/C26H26ClN3O2/c27-22-9-11-23(12-10-22)29-26(32)25(31)28-16-3-4-19-7-13-24(14-8-19)30-17-15-20-5-1-2-6-21(20)18-30/h1-2,5-14H,3-4,15-18H2,(H,28,31)(H,29,32). The number of anilines is 2. The van der Waals surface area contributed by atoms with Crippen LogP contribution in [0.3, 0.4) is 0 Å². The molecule has 5 nitrogen and oxygen atoms in total. The van der Waals surface area contributed by atoms with Crippen LogP contribution in [0, 0.1) is 0 Å². The van der Waals surface area contributed by atoms with Crippen LogP contribution in [-0.4, -0.2) is 24.9 Å². The van der Waals surface area contributed by atoms with Gasteiger partial charge in [0.25, 0.3) is 0 Å². The van der Waals surface area contributed by atoms with E-state index in [1.807, 2.05) is 0 Å². The molecule has 0 saturated heterocycles. The monoisotopic (exact) mass is 447 g/mol. The number of hydrogen-bond acceptors (Lipinski definition) is 3. The molecule has 0 fully saturated rings. The topological polar surface area (TPSA) is 61.4 Å². The van der Waals surface area contributed by atoms with E-state index < -0.39 is 11.8 Å². The van der Waals surface area contributed by atoms with Gasteiger partial charge < -0.3 is 15.5 Å². The lowest BCUT2D eigenvalue weighted by Gasteiger charge is -2.30. The summed E-state index contributed by atoms with van der Waals surface area (Å²) in [7, 11) is 0. The Labute approximate surface area is 193 Å². The number of rotatable bonds is 6. The molecule has 0 aliphatic carbocycles. The van der Waals surface area contributed by atoms with Crippen LogP contribution in [0.4, 0.5) is 11.4 Å². The Balaban J connectivity index is 1.20. The second-order valence-corrected chi connectivity index (χ2v) is 8.36. The van der Waals surface area contributed by atoms with Crippen LogP contribution in [0.15, 0.2) is 72.8 Å². The predicted molar refractivity (Wildman–Crippen MR) is 129 cm³/mol. The summed E-state index contributed by atoms with van der Waals surface area (Å²) in [5, 5.41) is 5.80. The van der Waals surface area contributed by atoms with E-state index in [2.05, 4.69) is 64.1 Å². The van der Waals surface area contributed by atoms with Crippen LogP contribution < -0.4 is 15.5 Å². The van der Waals surface area contributed by atoms with Crippen molar-refractivity contribution in [3.63, 3.8) is 0 Å². The van der Waals surface area contributed by atoms with Gasteiger partial charge in [-0.3, -0.25) is 9.59 Å². The van der Waals surface area contributed by atoms with Gasteiger partial charge in [0, 0.05) is 36.0 Å². The molecular weight excluding hydrogens is 422 g/mol. The molecular formula is C26H26ClN3O2. The minimum atomic E-state index is -0.681. The minimum Gasteiger partial charge on any atom is -0.367 e. The maximum absolute atomic E-state index is 12.0. The van der Waals surface area contributed by atoms with Crippen molar-refractivity contribution in [2.45, 2.75) is 25.8 Å². The molecule has 6 heteroatoms. The van der Waals surface area contributed by atoms with Crippen molar-refractivity contribution in [1.82, 2.24) is 5.32 Å². The Bertz CT molecular complexity index is 1080. The van der Waals surface area contributed by atoms with Crippen LogP contribution in [0.5, 0.6) is 0 Å². The first-order valence-electron chi connectivity index (χ1n) is 10.8. The number of halogens is 1. The van der Waals surface area contributed by atoms with Crippen molar-refractivity contribution in [3.05, 3.63) is 94.5 Å². The van der Waals surface area contributed by atoms with E-state index in [9.17, 15) is 9.59 Å². The van der Waals surface area contributed by atoms with Crippen LogP contribution in [-0.2, 0) is 29.0 Å². The van der Waals surface area contributed by atoms with Gasteiger partial charge in [-0.25, -0.2) is 0 Å². The first-order valence-corrected chi connectivity index (χ1v) is 11.2. The van der Waals surface area contributed by atoms with Gasteiger partial charge in [0.1, 0.15) is 0 Å². The predicted octanol–water partition coefficient (Wildman–Crippen LogP) is 4.59. The molecule has 164 valence electrons. The van der Waals surface area contributed by atoms with E-state index in [1.165, 1.54) is 22.4 Å². The Morgan fingerprint density at radius 1 is 0.875 bits per heavy atom. The fourth-order valence-electron chi connectivity index (χ4n) is 3.89. The molecule has 0 saturated carbocycles. The number of nitrogens with one attached hydrogen (secondary N) is 2. The van der Waals surface area contributed by atoms with Crippen molar-refractivity contribution in [2.24, 2.45) is 0 Å². The van der Waals surface area contributed by atoms with Gasteiger partial charge in [-0.1, -0.05) is 48.0 Å². The number of aryl methyl sites for hydroxylation is 1. The number of hydrogen-bond donors (Lipinski definition) is 2. The molecule has 32 heavy (non-hydrogen) atoms. The average Bonchev–Trinajstić information content (AvgIpc) is 2.83. The molecule has 0 radical (unpaired) electrons. The molecule has 0 atom stereocenters. The number of nitrogens with zero attached hydrogens (tertiary/aromatic N) is 1. The zero-order chi connectivity index (χ0) is 22.3. The van der Waals surface area contributed by atoms with Gasteiger partial charge in [-0.2, -0.15) is 0 Å². The highest BCUT2D eigenvalue weighted by Crippen LogP contribution is 2.24. The van der Waals surface area contributed by atoms with Gasteiger partial charge in [0.05, 0.1) is 0 Å². The van der Waals surface area contributed by atoms with Gasteiger partial charge >= 0.3 is 11.8 Å². The summed E-state index contributed by atoms with van der Waals surface area (Å²) in [6, 6.07) is 23.9. The van der Waals surface area contributed by atoms with Crippen molar-refractivity contribution >= 4 is 34.8 Å². The first-order chi connectivity index (χ1) is 15.6. The maximum atomic E-state index is 12.0. The van der Waals surface area contributed by atoms with Gasteiger partial charge in [-0.15, -0.1) is 0 Å². The number of carbonyl (C=O) groups is 2. The number of amides is 2. The van der Waals surface area contributed by atoms with Crippen molar-refractivity contribution in [3.8, 4) is 0 Å². The third kappa shape index (κ3) is 5.68. The summed E-state index contributed by atoms with van der Waals surface area (Å²) < 4.78 is 0. The zero-order valence-corrected chi connectivity index (χ0v) is 18.6. The SMILES string of the molecule is O=C(NCCCc1ccc(N2CCc3ccccc3C2)cc1)C(=O)Nc1ccc(Cl)cc1. The summed E-state index contributed by atoms with van der Waals surface area (Å²) >= 11 is 5.82. The Morgan fingerprint density at radius 3 is 2.34 bits per heavy atom. The molecule has 0 bridgehead atoms. The van der Waals surface area contributed by atoms with Gasteiger partial charge in [0.15, 0.2) is 0 Å². The Morgan fingerprint density at radius 2 is 1.59 bits per heavy atom. The van der Waals surface area contributed by atoms with Gasteiger partial charge in [0.2, 0.25) is 0 Å². The Kier molecular flexibility index (Phi) is 7.07. The molecule has 0 aromatic heterocycles. The smallest absolute Gasteiger partial charge is 0.313 e. The fraction of sp³-hybridized carbons (Fsp3) is 0.231. The number of benzene rings is 3. The van der Waals surface area contributed by atoms with Crippen LogP contribution in [0.25, 0.3) is 0 Å². The second-order valence-electron chi connectivity index (χ2n) is 7.93. The average molecular weight is 448 g/mol. The van der Waals surface area contributed by atoms with Crippen LogP contribution >= 0.6 is 11.6 Å². The van der Waals surface area contributed by atoms with Crippen molar-refractivity contribution in [2.75, 3.05) is 23.3 Å². The highest BCUT2D eigenvalue weighted by atomic mass is 35.5. The lowest BCUT2D eigenvalue weighted by atomic mass is 9.99. The van der Waals surface area contributed by atoms with Gasteiger partial charge in [-0.05, 0) is 72.4 Å². The molecule has 3 aromatic carbocycles. The number of fused-ring (bicyclic) bond motifs is 1. The van der Waals surface area contributed by atoms with E-state index in [1.54, 1.807) is 24.3 Å². The summed E-state index contributed by atoms with van der Waals surface area (Å²) in [5.74, 6) is -1.32. The summed E-state index contributed by atoms with van der Waals surface area (Å²) in [5.41, 5.74) is 5.83. The van der Waals surface area contributed by atoms with E-state index >= 15 is 0 Å². The lowest BCUT2D eigenvalue weighted by Crippen LogP contribution is -2.36. The van der Waals surface area contributed by atoms with Crippen LogP contribution in [0.2, 0.25) is 5.02 Å². The molecule has 0 unspecified atom stereocenters. The largest absolute Gasteiger partial charge is 0.367 e. The summed E-state index contributed by atoms with van der Waals surface area (Å²) in [4.78, 5) is 26.4. The molecule has 4 rings (SSSR count). The maximum Gasteiger partial charge on any atom is 0.313 e. The second kappa shape index (κ2) is 10.3. The third-order valence-corrected chi connectivity index (χ3v) is 5.92. The van der Waals surface area contributed by atoms with Crippen LogP contribution in [0.1, 0.15) is 23.1 Å². The highest BCUT2D eigenvalue weighted by molar-refractivity contribution is 6.39. The number of carbonyl (C=O) groups excluding carboxylic acids is 2. The molecule has 1 aliphatic heterocycles. The fourth-order valence-corrected chi connectivity index (χ4v) is 4.01. The molecule has 0 spiro atoms. The van der Waals surface area contributed by atoms with E-state index in [4.69, 9.17) is 11.6 Å². The first kappa shape index (κ1) is 21.9. The molecule has 2 amide bonds. The molecule has 3 aromatic rings. The normalized spacial score (nSPS) is 12.7. The van der Waals surface area contributed by atoms with E-state index in [-0.39, 0.29) is 0 Å². The van der Waals surface area contributed by atoms with Crippen molar-refractivity contribution in [1.29, 1.82) is 0 Å². The van der Waals surface area contributed by atoms with E-state index in [0.29, 0.717) is 17.3 Å².